The number of benzene rings is 2. The summed E-state index contributed by atoms with van der Waals surface area (Å²) >= 11 is 1.25. The molecule has 0 bridgehead atoms. The van der Waals surface area contributed by atoms with Crippen LogP contribution in [0.5, 0.6) is 17.2 Å². The Morgan fingerprint density at radius 1 is 1.07 bits per heavy atom. The van der Waals surface area contributed by atoms with Crippen LogP contribution in [0.2, 0.25) is 0 Å². The molecule has 0 unspecified atom stereocenters. The van der Waals surface area contributed by atoms with E-state index in [2.05, 4.69) is 41.5 Å². The van der Waals surface area contributed by atoms with Crippen molar-refractivity contribution in [2.24, 2.45) is 4.99 Å². The number of hydrogen-bond acceptors (Lipinski definition) is 8. The average molecular weight is 607 g/mol. The van der Waals surface area contributed by atoms with Crippen molar-refractivity contribution in [1.82, 2.24) is 4.57 Å². The Labute approximate surface area is 257 Å². The number of aromatic nitrogens is 1. The van der Waals surface area contributed by atoms with Crippen LogP contribution in [0.15, 0.2) is 51.4 Å². The van der Waals surface area contributed by atoms with Crippen LogP contribution in [0.4, 0.5) is 0 Å². The quantitative estimate of drug-likeness (QED) is 0.357. The number of carbonyl (C=O) groups is 1. The van der Waals surface area contributed by atoms with Gasteiger partial charge in [0.05, 0.1) is 36.1 Å². The molecule has 0 amide bonds. The van der Waals surface area contributed by atoms with Crippen LogP contribution in [0.1, 0.15) is 90.6 Å². The van der Waals surface area contributed by atoms with E-state index in [1.807, 2.05) is 37.3 Å². The third kappa shape index (κ3) is 6.13. The summed E-state index contributed by atoms with van der Waals surface area (Å²) in [5.74, 6) is 0.672. The number of nitrogens with zero attached hydrogens (tertiary/aromatic N) is 2. The van der Waals surface area contributed by atoms with E-state index >= 15 is 0 Å². The lowest BCUT2D eigenvalue weighted by Gasteiger charge is -2.27. The Morgan fingerprint density at radius 3 is 2.23 bits per heavy atom. The molecule has 43 heavy (non-hydrogen) atoms. The minimum atomic E-state index is -0.843. The molecule has 9 heteroatoms. The number of esters is 1. The fraction of sp³-hybridized carbons (Fsp3) is 0.441. The Bertz CT molecular complexity index is 1730. The number of fused-ring (bicyclic) bond motifs is 1. The van der Waals surface area contributed by atoms with E-state index in [1.165, 1.54) is 11.3 Å². The predicted molar refractivity (Wildman–Crippen MR) is 170 cm³/mol. The molecule has 2 aromatic carbocycles. The van der Waals surface area contributed by atoms with Crippen LogP contribution in [0, 0.1) is 0 Å². The lowest BCUT2D eigenvalue weighted by Crippen LogP contribution is -2.40. The zero-order chi connectivity index (χ0) is 31.9. The maximum atomic E-state index is 14.3. The molecular weight excluding hydrogens is 564 g/mol. The number of carbonyl (C=O) groups excluding carboxylic acids is 1. The van der Waals surface area contributed by atoms with Crippen LogP contribution in [-0.2, 0) is 20.4 Å². The Morgan fingerprint density at radius 2 is 1.70 bits per heavy atom. The number of methoxy groups -OCH3 is 1. The van der Waals surface area contributed by atoms with Gasteiger partial charge >= 0.3 is 5.97 Å². The molecule has 1 aromatic heterocycles. The fourth-order valence-corrected chi connectivity index (χ4v) is 6.37. The molecule has 1 atom stereocenters. The van der Waals surface area contributed by atoms with Crippen LogP contribution < -0.4 is 24.4 Å². The second kappa shape index (κ2) is 12.0. The van der Waals surface area contributed by atoms with Gasteiger partial charge in [0.2, 0.25) is 0 Å². The largest absolute Gasteiger partial charge is 0.507 e. The highest BCUT2D eigenvalue weighted by atomic mass is 32.1. The predicted octanol–water partition coefficient (Wildman–Crippen LogP) is 5.51. The number of ether oxygens (including phenoxy) is 3. The van der Waals surface area contributed by atoms with E-state index in [9.17, 15) is 14.7 Å². The van der Waals surface area contributed by atoms with Gasteiger partial charge in [-0.15, -0.1) is 0 Å². The zero-order valence-electron chi connectivity index (χ0n) is 26.7. The van der Waals surface area contributed by atoms with Gasteiger partial charge in [0, 0.05) is 16.7 Å². The summed E-state index contributed by atoms with van der Waals surface area (Å²) in [6, 6.07) is 8.45. The number of rotatable bonds is 7. The molecule has 0 spiro atoms. The summed E-state index contributed by atoms with van der Waals surface area (Å²) in [7, 11) is 1.55. The van der Waals surface area contributed by atoms with Gasteiger partial charge in [0.15, 0.2) is 16.3 Å². The number of phenols is 1. The third-order valence-electron chi connectivity index (χ3n) is 7.38. The first-order valence-electron chi connectivity index (χ1n) is 14.5. The van der Waals surface area contributed by atoms with E-state index in [0.717, 1.165) is 16.7 Å². The molecule has 0 aliphatic carbocycles. The van der Waals surface area contributed by atoms with Gasteiger partial charge < -0.3 is 19.3 Å². The van der Waals surface area contributed by atoms with Gasteiger partial charge in [-0.05, 0) is 61.4 Å². The summed E-state index contributed by atoms with van der Waals surface area (Å²) in [4.78, 5) is 32.8. The molecule has 1 N–H and O–H groups in total. The average Bonchev–Trinajstić information content (AvgIpc) is 3.21. The molecule has 8 nitrogen and oxygen atoms in total. The molecule has 3 aromatic rings. The topological polar surface area (TPSA) is 99.4 Å². The summed E-state index contributed by atoms with van der Waals surface area (Å²) in [5, 5.41) is 11.2. The Hall–Kier alpha value is -3.85. The van der Waals surface area contributed by atoms with E-state index in [4.69, 9.17) is 19.2 Å². The van der Waals surface area contributed by atoms with Crippen molar-refractivity contribution in [1.29, 1.82) is 0 Å². The molecule has 1 aliphatic heterocycles. The standard InChI is InChI=1S/C34H42N2O6S/c1-11-41-29-21(14-13-15-24(29)40-10)27-26(31(39)42-12-2)19(3)35-32-36(27)30(38)25(43-32)18-20-16-22(33(4,5)6)28(37)23(17-20)34(7,8)9/h13-18,27,37H,11-12H2,1-10H3/b25-18+/t27-/m1/s1. The van der Waals surface area contributed by atoms with Gasteiger partial charge in [-0.1, -0.05) is 65.0 Å². The Kier molecular flexibility index (Phi) is 8.97. The molecule has 0 fully saturated rings. The summed E-state index contributed by atoms with van der Waals surface area (Å²) in [6.45, 7) is 18.2. The minimum Gasteiger partial charge on any atom is -0.507 e. The first kappa shape index (κ1) is 32.1. The van der Waals surface area contributed by atoms with Crippen LogP contribution >= 0.6 is 11.3 Å². The number of allylic oxidation sites excluding steroid dienone is 1. The van der Waals surface area contributed by atoms with Gasteiger partial charge in [-0.25, -0.2) is 9.79 Å². The van der Waals surface area contributed by atoms with Gasteiger partial charge in [-0.3, -0.25) is 9.36 Å². The minimum absolute atomic E-state index is 0.177. The smallest absolute Gasteiger partial charge is 0.338 e. The van der Waals surface area contributed by atoms with E-state index < -0.39 is 12.0 Å². The van der Waals surface area contributed by atoms with Crippen molar-refractivity contribution in [3.63, 3.8) is 0 Å². The lowest BCUT2D eigenvalue weighted by atomic mass is 9.78. The van der Waals surface area contributed by atoms with Crippen molar-refractivity contribution in [3.8, 4) is 17.2 Å². The number of phenolic OH excluding ortho intramolecular Hbond substituents is 1. The van der Waals surface area contributed by atoms with E-state index in [1.54, 1.807) is 31.6 Å². The molecular formula is C34H42N2O6S. The molecule has 230 valence electrons. The van der Waals surface area contributed by atoms with E-state index in [-0.39, 0.29) is 34.3 Å². The monoisotopic (exact) mass is 606 g/mol. The second-order valence-electron chi connectivity index (χ2n) is 12.6. The second-order valence-corrected chi connectivity index (χ2v) is 13.6. The third-order valence-corrected chi connectivity index (χ3v) is 8.36. The zero-order valence-corrected chi connectivity index (χ0v) is 27.6. The first-order valence-corrected chi connectivity index (χ1v) is 15.3. The molecule has 0 saturated heterocycles. The van der Waals surface area contributed by atoms with Gasteiger partial charge in [0.1, 0.15) is 11.8 Å². The van der Waals surface area contributed by atoms with Crippen molar-refractivity contribution in [3.05, 3.63) is 83.5 Å². The molecule has 4 rings (SSSR count). The van der Waals surface area contributed by atoms with Gasteiger partial charge in [0.25, 0.3) is 5.56 Å². The summed E-state index contributed by atoms with van der Waals surface area (Å²) in [5.41, 5.74) is 2.79. The van der Waals surface area contributed by atoms with Crippen molar-refractivity contribution < 1.29 is 24.1 Å². The van der Waals surface area contributed by atoms with Crippen molar-refractivity contribution >= 4 is 23.4 Å². The maximum absolute atomic E-state index is 14.3. The fourth-order valence-electron chi connectivity index (χ4n) is 5.33. The summed E-state index contributed by atoms with van der Waals surface area (Å²) in [6.07, 6.45) is 1.84. The molecule has 1 aliphatic rings. The molecule has 0 radical (unpaired) electrons. The maximum Gasteiger partial charge on any atom is 0.338 e. The highest BCUT2D eigenvalue weighted by Gasteiger charge is 2.36. The van der Waals surface area contributed by atoms with Crippen molar-refractivity contribution in [2.75, 3.05) is 20.3 Å². The molecule has 2 heterocycles. The van der Waals surface area contributed by atoms with Crippen LogP contribution in [0.3, 0.4) is 0 Å². The van der Waals surface area contributed by atoms with Crippen LogP contribution in [-0.4, -0.2) is 36.0 Å². The number of para-hydroxylation sites is 1. The number of hydrogen-bond donors (Lipinski definition) is 1. The van der Waals surface area contributed by atoms with Crippen LogP contribution in [0.25, 0.3) is 6.08 Å². The SMILES string of the molecule is CCOC(=O)C1=C(C)N=c2s/c(=C/c3cc(C(C)(C)C)c(O)c(C(C)(C)C)c3)c(=O)n2[C@@H]1c1cccc(OC)c1OCC. The van der Waals surface area contributed by atoms with Gasteiger partial charge in [-0.2, -0.15) is 0 Å². The number of aromatic hydroxyl groups is 1. The highest BCUT2D eigenvalue weighted by molar-refractivity contribution is 7.07. The number of thiazole rings is 1. The first-order chi connectivity index (χ1) is 20.1. The Balaban J connectivity index is 2.05. The molecule has 0 saturated carbocycles. The lowest BCUT2D eigenvalue weighted by molar-refractivity contribution is -0.139. The summed E-state index contributed by atoms with van der Waals surface area (Å²) < 4.78 is 19.1. The highest BCUT2D eigenvalue weighted by Crippen LogP contribution is 2.42. The normalized spacial score (nSPS) is 15.7. The van der Waals surface area contributed by atoms with E-state index in [0.29, 0.717) is 38.7 Å². The van der Waals surface area contributed by atoms with Crippen molar-refractivity contribution in [2.45, 2.75) is 79.2 Å².